The van der Waals surface area contributed by atoms with Crippen LogP contribution < -0.4 is 0 Å². The first-order valence-electron chi connectivity index (χ1n) is 3.43. The number of carboxylic acids is 1. The van der Waals surface area contributed by atoms with Crippen LogP contribution in [0.1, 0.15) is 26.7 Å². The van der Waals surface area contributed by atoms with Crippen LogP contribution in [-0.4, -0.2) is 16.5 Å². The minimum absolute atomic E-state index is 0.0660. The SMILES string of the molecule is CCC(C)C(Cl)CC(=O)O. The topological polar surface area (TPSA) is 37.3 Å². The van der Waals surface area contributed by atoms with Crippen LogP contribution in [-0.2, 0) is 4.79 Å². The zero-order valence-corrected chi connectivity index (χ0v) is 7.06. The summed E-state index contributed by atoms with van der Waals surface area (Å²) in [5.41, 5.74) is 0. The summed E-state index contributed by atoms with van der Waals surface area (Å²) in [6.45, 7) is 3.96. The van der Waals surface area contributed by atoms with Crippen LogP contribution in [0, 0.1) is 5.92 Å². The average Bonchev–Trinajstić information content (AvgIpc) is 1.85. The Balaban J connectivity index is 3.61. The molecule has 2 nitrogen and oxygen atoms in total. The van der Waals surface area contributed by atoms with Gasteiger partial charge in [0, 0.05) is 5.38 Å². The summed E-state index contributed by atoms with van der Waals surface area (Å²) in [6, 6.07) is 0. The number of rotatable bonds is 4. The third-order valence-corrected chi connectivity index (χ3v) is 2.22. The predicted molar refractivity (Wildman–Crippen MR) is 41.3 cm³/mol. The Labute approximate surface area is 66.2 Å². The first-order chi connectivity index (χ1) is 4.57. The van der Waals surface area contributed by atoms with Crippen molar-refractivity contribution in [3.05, 3.63) is 0 Å². The normalized spacial score (nSPS) is 16.3. The largest absolute Gasteiger partial charge is 0.481 e. The molecule has 1 N–H and O–H groups in total. The van der Waals surface area contributed by atoms with Gasteiger partial charge in [0.25, 0.3) is 0 Å². The highest BCUT2D eigenvalue weighted by Crippen LogP contribution is 2.16. The lowest BCUT2D eigenvalue weighted by molar-refractivity contribution is -0.137. The van der Waals surface area contributed by atoms with Crippen molar-refractivity contribution in [2.24, 2.45) is 5.92 Å². The summed E-state index contributed by atoms with van der Waals surface area (Å²) in [7, 11) is 0. The molecule has 0 aliphatic rings. The van der Waals surface area contributed by atoms with E-state index in [0.29, 0.717) is 0 Å². The molecule has 0 aromatic carbocycles. The molecule has 0 saturated heterocycles. The van der Waals surface area contributed by atoms with Crippen molar-refractivity contribution in [2.75, 3.05) is 0 Å². The molecule has 0 aliphatic heterocycles. The van der Waals surface area contributed by atoms with Crippen LogP contribution >= 0.6 is 11.6 Å². The third-order valence-electron chi connectivity index (χ3n) is 1.63. The maximum absolute atomic E-state index is 10.1. The third kappa shape index (κ3) is 3.72. The van der Waals surface area contributed by atoms with E-state index >= 15 is 0 Å². The molecule has 60 valence electrons. The lowest BCUT2D eigenvalue weighted by Crippen LogP contribution is -2.14. The van der Waals surface area contributed by atoms with Crippen molar-refractivity contribution < 1.29 is 9.90 Å². The van der Waals surface area contributed by atoms with Gasteiger partial charge in [-0.05, 0) is 5.92 Å². The van der Waals surface area contributed by atoms with Crippen molar-refractivity contribution in [1.82, 2.24) is 0 Å². The van der Waals surface area contributed by atoms with Crippen molar-refractivity contribution in [2.45, 2.75) is 32.1 Å². The van der Waals surface area contributed by atoms with E-state index in [1.165, 1.54) is 0 Å². The maximum atomic E-state index is 10.1. The smallest absolute Gasteiger partial charge is 0.304 e. The fourth-order valence-electron chi connectivity index (χ4n) is 0.624. The molecule has 0 rings (SSSR count). The highest BCUT2D eigenvalue weighted by atomic mass is 35.5. The van der Waals surface area contributed by atoms with E-state index < -0.39 is 5.97 Å². The molecule has 0 bridgehead atoms. The van der Waals surface area contributed by atoms with Crippen LogP contribution in [0.15, 0.2) is 0 Å². The number of carboxylic acid groups (broad SMARTS) is 1. The van der Waals surface area contributed by atoms with Crippen molar-refractivity contribution in [3.8, 4) is 0 Å². The van der Waals surface area contributed by atoms with Crippen LogP contribution in [0.2, 0.25) is 0 Å². The van der Waals surface area contributed by atoms with E-state index in [1.807, 2.05) is 13.8 Å². The van der Waals surface area contributed by atoms with Gasteiger partial charge in [-0.3, -0.25) is 4.79 Å². The molecular formula is C7H13ClO2. The van der Waals surface area contributed by atoms with Crippen molar-refractivity contribution in [3.63, 3.8) is 0 Å². The number of halogens is 1. The van der Waals surface area contributed by atoms with E-state index in [4.69, 9.17) is 16.7 Å². The fraction of sp³-hybridized carbons (Fsp3) is 0.857. The molecule has 0 heterocycles. The highest BCUT2D eigenvalue weighted by molar-refractivity contribution is 6.21. The molecule has 0 spiro atoms. The fourth-order valence-corrected chi connectivity index (χ4v) is 0.934. The lowest BCUT2D eigenvalue weighted by atomic mass is 10.0. The molecule has 10 heavy (non-hydrogen) atoms. The molecule has 0 amide bonds. The second-order valence-corrected chi connectivity index (χ2v) is 3.06. The standard InChI is InChI=1S/C7H13ClO2/c1-3-5(2)6(8)4-7(9)10/h5-6H,3-4H2,1-2H3,(H,9,10). The van der Waals surface area contributed by atoms with E-state index in [2.05, 4.69) is 0 Å². The van der Waals surface area contributed by atoms with Gasteiger partial charge < -0.3 is 5.11 Å². The van der Waals surface area contributed by atoms with Crippen LogP contribution in [0.25, 0.3) is 0 Å². The minimum Gasteiger partial charge on any atom is -0.481 e. The maximum Gasteiger partial charge on any atom is 0.304 e. The summed E-state index contributed by atoms with van der Waals surface area (Å²) in [5, 5.41) is 8.12. The Morgan fingerprint density at radius 3 is 2.50 bits per heavy atom. The van der Waals surface area contributed by atoms with Crippen molar-refractivity contribution in [1.29, 1.82) is 0 Å². The summed E-state index contributed by atoms with van der Waals surface area (Å²) >= 11 is 5.75. The second-order valence-electron chi connectivity index (χ2n) is 2.50. The summed E-state index contributed by atoms with van der Waals surface area (Å²) in [6.07, 6.45) is 0.998. The summed E-state index contributed by atoms with van der Waals surface area (Å²) in [4.78, 5) is 10.1. The van der Waals surface area contributed by atoms with E-state index in [1.54, 1.807) is 0 Å². The zero-order valence-electron chi connectivity index (χ0n) is 6.30. The summed E-state index contributed by atoms with van der Waals surface area (Å²) in [5.74, 6) is -0.530. The first kappa shape index (κ1) is 9.76. The molecule has 0 saturated carbocycles. The van der Waals surface area contributed by atoms with Crippen LogP contribution in [0.4, 0.5) is 0 Å². The van der Waals surface area contributed by atoms with Gasteiger partial charge in [0.2, 0.25) is 0 Å². The van der Waals surface area contributed by atoms with Crippen LogP contribution in [0.5, 0.6) is 0 Å². The quantitative estimate of drug-likeness (QED) is 0.647. The van der Waals surface area contributed by atoms with Gasteiger partial charge in [-0.25, -0.2) is 0 Å². The molecule has 2 atom stereocenters. The Bertz CT molecular complexity index is 114. The number of hydrogen-bond donors (Lipinski definition) is 1. The van der Waals surface area contributed by atoms with Gasteiger partial charge in [0.1, 0.15) is 0 Å². The molecule has 0 aromatic rings. The minimum atomic E-state index is -0.819. The molecule has 3 heteroatoms. The van der Waals surface area contributed by atoms with Gasteiger partial charge in [0.15, 0.2) is 0 Å². The number of hydrogen-bond acceptors (Lipinski definition) is 1. The number of carbonyl (C=O) groups is 1. The monoisotopic (exact) mass is 164 g/mol. The van der Waals surface area contributed by atoms with E-state index in [0.717, 1.165) is 6.42 Å². The van der Waals surface area contributed by atoms with Crippen molar-refractivity contribution >= 4 is 17.6 Å². The lowest BCUT2D eigenvalue weighted by Gasteiger charge is -2.12. The molecule has 2 unspecified atom stereocenters. The molecule has 0 aromatic heterocycles. The zero-order chi connectivity index (χ0) is 8.15. The van der Waals surface area contributed by atoms with Gasteiger partial charge in [-0.1, -0.05) is 20.3 Å². The number of alkyl halides is 1. The molecule has 0 aliphatic carbocycles. The Kier molecular flexibility index (Phi) is 4.45. The van der Waals surface area contributed by atoms with E-state index in [9.17, 15) is 4.79 Å². The van der Waals surface area contributed by atoms with Gasteiger partial charge in [0.05, 0.1) is 6.42 Å². The summed E-state index contributed by atoms with van der Waals surface area (Å²) < 4.78 is 0. The second kappa shape index (κ2) is 4.56. The highest BCUT2D eigenvalue weighted by Gasteiger charge is 2.15. The molecular weight excluding hydrogens is 152 g/mol. The van der Waals surface area contributed by atoms with Crippen LogP contribution in [0.3, 0.4) is 0 Å². The van der Waals surface area contributed by atoms with E-state index in [-0.39, 0.29) is 17.7 Å². The molecule has 0 fully saturated rings. The average molecular weight is 165 g/mol. The Morgan fingerprint density at radius 1 is 1.70 bits per heavy atom. The number of aliphatic carboxylic acids is 1. The Morgan fingerprint density at radius 2 is 2.20 bits per heavy atom. The predicted octanol–water partition coefficient (Wildman–Crippen LogP) is 2.11. The van der Waals surface area contributed by atoms with Gasteiger partial charge in [-0.15, -0.1) is 11.6 Å². The van der Waals surface area contributed by atoms with Gasteiger partial charge >= 0.3 is 5.97 Å². The first-order valence-corrected chi connectivity index (χ1v) is 3.87. The Hall–Kier alpha value is -0.240. The van der Waals surface area contributed by atoms with Gasteiger partial charge in [-0.2, -0.15) is 0 Å². The molecule has 0 radical (unpaired) electrons.